The van der Waals surface area contributed by atoms with Crippen LogP contribution in [0.15, 0.2) is 41.9 Å². The minimum absolute atomic E-state index is 0.131. The quantitative estimate of drug-likeness (QED) is 0.217. The van der Waals surface area contributed by atoms with E-state index < -0.39 is 23.5 Å². The molecule has 1 saturated heterocycles. The molecule has 1 unspecified atom stereocenters. The molecule has 13 heteroatoms. The summed E-state index contributed by atoms with van der Waals surface area (Å²) < 4.78 is 14.0. The second-order valence-electron chi connectivity index (χ2n) is 15.8. The Morgan fingerprint density at radius 2 is 2.04 bits per heavy atom. The Hall–Kier alpha value is -4.64. The fourth-order valence-electron chi connectivity index (χ4n) is 8.04. The number of nitrogens with zero attached hydrogens (tertiary/aromatic N) is 5. The maximum Gasteiger partial charge on any atom is 0.324 e. The van der Waals surface area contributed by atoms with Gasteiger partial charge in [0.05, 0.1) is 47.3 Å². The summed E-state index contributed by atoms with van der Waals surface area (Å²) in [7, 11) is 1.67. The number of benzene rings is 1. The first-order valence-corrected chi connectivity index (χ1v) is 19.8. The Kier molecular flexibility index (Phi) is 10.6. The van der Waals surface area contributed by atoms with E-state index in [9.17, 15) is 19.6 Å². The number of nitriles is 1. The molecule has 0 radical (unpaired) electrons. The van der Waals surface area contributed by atoms with Gasteiger partial charge in [-0.1, -0.05) is 33.8 Å². The average molecular weight is 752 g/mol. The number of hydrogen-bond donors (Lipinski definition) is 2. The number of nitrogens with one attached hydrogen (secondary N) is 2. The van der Waals surface area contributed by atoms with Crippen LogP contribution >= 0.6 is 11.3 Å². The number of carbonyl (C=O) groups is 3. The van der Waals surface area contributed by atoms with E-state index in [4.69, 9.17) is 19.4 Å². The third-order valence-corrected chi connectivity index (χ3v) is 12.3. The van der Waals surface area contributed by atoms with Crippen LogP contribution in [0.5, 0.6) is 0 Å². The molecule has 12 nitrogen and oxygen atoms in total. The maximum atomic E-state index is 14.1. The van der Waals surface area contributed by atoms with Crippen LogP contribution in [0.2, 0.25) is 0 Å². The van der Waals surface area contributed by atoms with Gasteiger partial charge >= 0.3 is 5.97 Å². The number of ether oxygens (including phenoxy) is 2. The first kappa shape index (κ1) is 37.7. The lowest BCUT2D eigenvalue weighted by Gasteiger charge is -2.35. The first-order valence-electron chi connectivity index (χ1n) is 18.9. The number of aromatic nitrogens is 3. The van der Waals surface area contributed by atoms with Crippen LogP contribution in [-0.2, 0) is 43.2 Å². The number of hydrogen-bond acceptors (Lipinski definition) is 10. The number of esters is 1. The molecule has 54 heavy (non-hydrogen) atoms. The zero-order chi connectivity index (χ0) is 38.3. The van der Waals surface area contributed by atoms with Crippen LogP contribution in [0.1, 0.15) is 76.3 Å². The van der Waals surface area contributed by atoms with E-state index >= 15 is 0 Å². The molecule has 2 amide bonds. The zero-order valence-electron chi connectivity index (χ0n) is 31.8. The minimum Gasteiger partial charge on any atom is -0.464 e. The molecule has 0 spiro atoms. The molecule has 2 fully saturated rings. The van der Waals surface area contributed by atoms with Crippen molar-refractivity contribution >= 4 is 40.0 Å². The topological polar surface area (TPSA) is 151 Å². The van der Waals surface area contributed by atoms with Gasteiger partial charge in [0.1, 0.15) is 12.1 Å². The number of cyclic esters (lactones) is 1. The summed E-state index contributed by atoms with van der Waals surface area (Å²) in [6.45, 7) is 11.3. The fourth-order valence-corrected chi connectivity index (χ4v) is 8.89. The second-order valence-corrected chi connectivity index (χ2v) is 16.8. The number of thiazole rings is 1. The number of hydrazine groups is 1. The highest BCUT2D eigenvalue weighted by molar-refractivity contribution is 7.10. The predicted molar refractivity (Wildman–Crippen MR) is 206 cm³/mol. The summed E-state index contributed by atoms with van der Waals surface area (Å²) >= 11 is 1.46. The Bertz CT molecular complexity index is 2110. The van der Waals surface area contributed by atoms with Gasteiger partial charge in [0.25, 0.3) is 5.91 Å². The number of methoxy groups -OCH3 is 1. The summed E-state index contributed by atoms with van der Waals surface area (Å²) in [4.78, 5) is 50.9. The Balaban J connectivity index is 1.37. The van der Waals surface area contributed by atoms with E-state index in [0.29, 0.717) is 38.8 Å². The fraction of sp³-hybridized carbons (Fsp3) is 0.512. The van der Waals surface area contributed by atoms with E-state index in [0.717, 1.165) is 49.7 Å². The van der Waals surface area contributed by atoms with E-state index in [-0.39, 0.29) is 48.7 Å². The molecule has 284 valence electrons. The van der Waals surface area contributed by atoms with E-state index in [1.807, 2.05) is 24.4 Å². The molecule has 2 aliphatic heterocycles. The highest BCUT2D eigenvalue weighted by atomic mass is 32.1. The van der Waals surface area contributed by atoms with Gasteiger partial charge in [-0.25, -0.2) is 10.4 Å². The normalized spacial score (nSPS) is 24.7. The van der Waals surface area contributed by atoms with Gasteiger partial charge in [0.2, 0.25) is 5.91 Å². The lowest BCUT2D eigenvalue weighted by molar-refractivity contribution is -0.155. The van der Waals surface area contributed by atoms with Crippen molar-refractivity contribution in [3.8, 4) is 28.6 Å². The average Bonchev–Trinajstić information content (AvgIpc) is 3.44. The third kappa shape index (κ3) is 7.39. The van der Waals surface area contributed by atoms with E-state index in [2.05, 4.69) is 67.3 Å². The number of aryl methyl sites for hydroxylation is 1. The summed E-state index contributed by atoms with van der Waals surface area (Å²) in [5.41, 5.74) is 9.00. The van der Waals surface area contributed by atoms with Gasteiger partial charge in [0, 0.05) is 71.6 Å². The molecule has 1 aromatic carbocycles. The summed E-state index contributed by atoms with van der Waals surface area (Å²) in [6, 6.07) is 11.0. The molecular formula is C41H49N7O5S. The van der Waals surface area contributed by atoms with Gasteiger partial charge in [-0.05, 0) is 67.9 Å². The lowest BCUT2D eigenvalue weighted by atomic mass is 9.84. The van der Waals surface area contributed by atoms with Crippen molar-refractivity contribution in [2.45, 2.75) is 91.5 Å². The van der Waals surface area contributed by atoms with Crippen molar-refractivity contribution in [3.63, 3.8) is 0 Å². The van der Waals surface area contributed by atoms with Crippen molar-refractivity contribution in [2.75, 3.05) is 20.3 Å². The zero-order valence-corrected chi connectivity index (χ0v) is 32.7. The number of pyridine rings is 1. The highest BCUT2D eigenvalue weighted by Crippen LogP contribution is 2.46. The van der Waals surface area contributed by atoms with Crippen LogP contribution in [0.25, 0.3) is 33.4 Å². The summed E-state index contributed by atoms with van der Waals surface area (Å²) in [6.07, 6.45) is 3.69. The predicted octanol–water partition coefficient (Wildman–Crippen LogP) is 6.00. The van der Waals surface area contributed by atoms with Crippen LogP contribution in [0.4, 0.5) is 0 Å². The monoisotopic (exact) mass is 751 g/mol. The summed E-state index contributed by atoms with van der Waals surface area (Å²) in [5.74, 6) is -0.473. The molecule has 6 bridgehead atoms. The molecule has 1 aliphatic carbocycles. The van der Waals surface area contributed by atoms with Crippen molar-refractivity contribution in [2.24, 2.45) is 23.2 Å². The Morgan fingerprint density at radius 3 is 2.78 bits per heavy atom. The first-order chi connectivity index (χ1) is 25.9. The van der Waals surface area contributed by atoms with Gasteiger partial charge in [-0.2, -0.15) is 5.26 Å². The van der Waals surface area contributed by atoms with Crippen molar-refractivity contribution in [1.82, 2.24) is 30.3 Å². The Labute approximate surface area is 320 Å². The lowest BCUT2D eigenvalue weighted by Crippen LogP contribution is -2.60. The molecule has 3 aromatic heterocycles. The van der Waals surface area contributed by atoms with Crippen LogP contribution in [0, 0.1) is 34.5 Å². The van der Waals surface area contributed by atoms with Gasteiger partial charge in [-0.3, -0.25) is 24.4 Å². The van der Waals surface area contributed by atoms with Crippen LogP contribution in [0.3, 0.4) is 0 Å². The molecule has 1 saturated carbocycles. The molecule has 2 N–H and O–H groups in total. The van der Waals surface area contributed by atoms with E-state index in [1.165, 1.54) is 16.3 Å². The molecule has 3 aliphatic rings. The minimum atomic E-state index is -0.856. The van der Waals surface area contributed by atoms with Crippen LogP contribution < -0.4 is 10.7 Å². The largest absolute Gasteiger partial charge is 0.464 e. The van der Waals surface area contributed by atoms with Gasteiger partial charge in [0.15, 0.2) is 0 Å². The van der Waals surface area contributed by atoms with Gasteiger partial charge < -0.3 is 19.4 Å². The van der Waals surface area contributed by atoms with Gasteiger partial charge in [-0.15, -0.1) is 11.3 Å². The third-order valence-electron chi connectivity index (χ3n) is 11.4. The van der Waals surface area contributed by atoms with E-state index in [1.54, 1.807) is 13.3 Å². The number of amides is 2. The number of fused-ring (bicyclic) bond motifs is 6. The molecule has 6 atom stereocenters. The Morgan fingerprint density at radius 1 is 1.24 bits per heavy atom. The number of rotatable bonds is 7. The van der Waals surface area contributed by atoms with Crippen molar-refractivity contribution < 1.29 is 23.9 Å². The maximum absolute atomic E-state index is 14.1. The molecule has 7 rings (SSSR count). The number of carbonyl (C=O) groups excluding carboxylic acids is 3. The standard InChI is InChI=1S/C41H49N7O5S/c1-23-24(2)35(23)38(49)45-31-19-34-44-32(21-54-34)26-12-13-33-28(18-26)29(20-41(4,5)22-53-40(51)30-11-8-17-48(46-30)39(31)50)37(47(33)16-9-14-42)27-10-7-15-43-36(27)25(3)52-6/h7,10,12-13,15,18,21,23-25,30-31,35,46H,8-9,11,16-17,19-20,22H2,1-6H3,(H,45,49)/t23-,24+,25-,30-,31-,35?/m0/s1. The molecular weight excluding hydrogens is 703 g/mol. The smallest absolute Gasteiger partial charge is 0.324 e. The van der Waals surface area contributed by atoms with Crippen molar-refractivity contribution in [3.05, 3.63) is 58.2 Å². The summed E-state index contributed by atoms with van der Waals surface area (Å²) in [5, 5.41) is 18.0. The highest BCUT2D eigenvalue weighted by Gasteiger charge is 2.49. The SMILES string of the molecule is CO[C@@H](C)c1ncccc1-c1c2c3cc(ccc3n1CCC#N)-c1csc(n1)C[C@H](NC(=O)C1[C@@H](C)[C@H]1C)C(=O)N1CCC[C@H](N1)C(=O)OCC(C)(C)C2. The molecule has 5 heterocycles. The van der Waals surface area contributed by atoms with Crippen molar-refractivity contribution in [1.29, 1.82) is 5.26 Å². The molecule has 4 aromatic rings. The van der Waals surface area contributed by atoms with Crippen LogP contribution in [-0.4, -0.2) is 69.7 Å². The second kappa shape index (κ2) is 15.2.